The Labute approximate surface area is 116 Å². The van der Waals surface area contributed by atoms with E-state index in [-0.39, 0.29) is 12.1 Å². The number of unbranched alkanes of at least 4 members (excludes halogenated alkanes) is 7. The summed E-state index contributed by atoms with van der Waals surface area (Å²) in [4.78, 5) is 11.3. The molecular formula is C17H24O2. The van der Waals surface area contributed by atoms with Crippen LogP contribution in [0.2, 0.25) is 0 Å². The molecule has 0 unspecified atom stereocenters. The predicted molar refractivity (Wildman–Crippen MR) is 78.5 cm³/mol. The van der Waals surface area contributed by atoms with Crippen molar-refractivity contribution in [2.45, 2.75) is 64.4 Å². The summed E-state index contributed by atoms with van der Waals surface area (Å²) in [6.45, 7) is 1.87. The summed E-state index contributed by atoms with van der Waals surface area (Å²) < 4.78 is 5.02. The molecule has 0 saturated heterocycles. The highest BCUT2D eigenvalue weighted by atomic mass is 16.5. The van der Waals surface area contributed by atoms with Gasteiger partial charge in [0, 0.05) is 6.42 Å². The molecule has 0 saturated carbocycles. The van der Waals surface area contributed by atoms with Gasteiger partial charge in [0.1, 0.15) is 6.10 Å². The molecule has 0 bridgehead atoms. The number of cyclic esters (lactones) is 1. The topological polar surface area (TPSA) is 26.3 Å². The van der Waals surface area contributed by atoms with Crippen LogP contribution in [0.15, 0.2) is 23.8 Å². The molecule has 0 N–H and O–H groups in total. The Balaban J connectivity index is 1.98. The van der Waals surface area contributed by atoms with E-state index in [0.29, 0.717) is 5.57 Å². The second-order valence-corrected chi connectivity index (χ2v) is 5.00. The first-order chi connectivity index (χ1) is 9.24. The minimum Gasteiger partial charge on any atom is -0.455 e. The lowest BCUT2D eigenvalue weighted by molar-refractivity contribution is -0.138. The minimum absolute atomic E-state index is 0.0739. The zero-order chi connectivity index (χ0) is 13.9. The molecule has 2 nitrogen and oxygen atoms in total. The molecule has 19 heavy (non-hydrogen) atoms. The molecule has 0 aliphatic carbocycles. The maximum atomic E-state index is 11.3. The van der Waals surface area contributed by atoms with Crippen molar-refractivity contribution in [1.29, 1.82) is 0 Å². The molecule has 0 spiro atoms. The zero-order valence-corrected chi connectivity index (χ0v) is 11.9. The first-order valence-electron chi connectivity index (χ1n) is 7.27. The monoisotopic (exact) mass is 260 g/mol. The van der Waals surface area contributed by atoms with Crippen molar-refractivity contribution >= 4 is 5.97 Å². The molecule has 0 amide bonds. The number of rotatable bonds is 9. The normalized spacial score (nSPS) is 18.4. The van der Waals surface area contributed by atoms with Gasteiger partial charge in [0.25, 0.3) is 0 Å². The van der Waals surface area contributed by atoms with Crippen LogP contribution in [0, 0.1) is 12.3 Å². The molecule has 1 aliphatic heterocycles. The smallest absolute Gasteiger partial charge is 0.338 e. The van der Waals surface area contributed by atoms with Gasteiger partial charge in [0.05, 0.1) is 5.57 Å². The third kappa shape index (κ3) is 6.86. The number of hydrogen-bond donors (Lipinski definition) is 0. The van der Waals surface area contributed by atoms with Crippen LogP contribution in [-0.4, -0.2) is 12.1 Å². The number of carbonyl (C=O) groups excluding carboxylic acids is 1. The standard InChI is InChI=1S/C17H24O2/c1-3-4-5-6-7-8-9-10-11-12-13-16-14-15(2)19-17(16)18/h1,12-15H,4-11H2,2H3/b13-12+/t15-/m0/s1. The van der Waals surface area contributed by atoms with Crippen LogP contribution in [-0.2, 0) is 9.53 Å². The first kappa shape index (κ1) is 15.6. The van der Waals surface area contributed by atoms with E-state index in [9.17, 15) is 4.79 Å². The van der Waals surface area contributed by atoms with Crippen LogP contribution in [0.3, 0.4) is 0 Å². The van der Waals surface area contributed by atoms with Gasteiger partial charge >= 0.3 is 5.97 Å². The van der Waals surface area contributed by atoms with Crippen LogP contribution < -0.4 is 0 Å². The zero-order valence-electron chi connectivity index (χ0n) is 11.9. The molecule has 1 aliphatic rings. The Morgan fingerprint density at radius 1 is 1.26 bits per heavy atom. The summed E-state index contributed by atoms with van der Waals surface area (Å²) in [6, 6.07) is 0. The highest BCUT2D eigenvalue weighted by Gasteiger charge is 2.19. The van der Waals surface area contributed by atoms with E-state index in [1.165, 1.54) is 32.1 Å². The Kier molecular flexibility index (Phi) is 7.74. The van der Waals surface area contributed by atoms with Gasteiger partial charge in [-0.3, -0.25) is 0 Å². The fraction of sp³-hybridized carbons (Fsp3) is 0.588. The van der Waals surface area contributed by atoms with Crippen molar-refractivity contribution in [3.8, 4) is 12.3 Å². The summed E-state index contributed by atoms with van der Waals surface area (Å²) in [5.74, 6) is 2.47. The van der Waals surface area contributed by atoms with Crippen molar-refractivity contribution in [2.75, 3.05) is 0 Å². The SMILES string of the molecule is C#CCCCCCCCC/C=C/C1=C[C@H](C)OC1=O. The maximum Gasteiger partial charge on any atom is 0.338 e. The number of carbonyl (C=O) groups is 1. The molecule has 104 valence electrons. The van der Waals surface area contributed by atoms with E-state index in [2.05, 4.69) is 12.0 Å². The molecular weight excluding hydrogens is 236 g/mol. The van der Waals surface area contributed by atoms with Crippen LogP contribution >= 0.6 is 0 Å². The van der Waals surface area contributed by atoms with Crippen molar-refractivity contribution in [3.05, 3.63) is 23.8 Å². The lowest BCUT2D eigenvalue weighted by atomic mass is 10.1. The summed E-state index contributed by atoms with van der Waals surface area (Å²) in [5, 5.41) is 0. The molecule has 1 atom stereocenters. The van der Waals surface area contributed by atoms with Crippen LogP contribution in [0.25, 0.3) is 0 Å². The van der Waals surface area contributed by atoms with Gasteiger partial charge in [0.2, 0.25) is 0 Å². The second kappa shape index (κ2) is 9.44. The minimum atomic E-state index is -0.197. The average molecular weight is 260 g/mol. The van der Waals surface area contributed by atoms with Gasteiger partial charge < -0.3 is 4.74 Å². The molecule has 0 aromatic heterocycles. The lowest BCUT2D eigenvalue weighted by Gasteiger charge is -1.98. The Hall–Kier alpha value is -1.49. The van der Waals surface area contributed by atoms with E-state index >= 15 is 0 Å². The van der Waals surface area contributed by atoms with Crippen molar-refractivity contribution in [2.24, 2.45) is 0 Å². The molecule has 0 aromatic carbocycles. The summed E-state index contributed by atoms with van der Waals surface area (Å²) >= 11 is 0. The quantitative estimate of drug-likeness (QED) is 0.353. The van der Waals surface area contributed by atoms with E-state index in [1.807, 2.05) is 19.1 Å². The number of allylic oxidation sites excluding steroid dienone is 1. The third-order valence-electron chi connectivity index (χ3n) is 3.18. The van der Waals surface area contributed by atoms with Gasteiger partial charge in [-0.05, 0) is 32.3 Å². The molecule has 2 heteroatoms. The average Bonchev–Trinajstić information content (AvgIpc) is 2.70. The van der Waals surface area contributed by atoms with Crippen molar-refractivity contribution < 1.29 is 9.53 Å². The van der Waals surface area contributed by atoms with Gasteiger partial charge in [-0.25, -0.2) is 4.79 Å². The van der Waals surface area contributed by atoms with Gasteiger partial charge in [-0.2, -0.15) is 0 Å². The Morgan fingerprint density at radius 3 is 2.58 bits per heavy atom. The molecule has 0 fully saturated rings. The number of terminal acetylenes is 1. The first-order valence-corrected chi connectivity index (χ1v) is 7.27. The summed E-state index contributed by atoms with van der Waals surface area (Å²) in [7, 11) is 0. The number of esters is 1. The highest BCUT2D eigenvalue weighted by molar-refractivity contribution is 5.93. The number of hydrogen-bond acceptors (Lipinski definition) is 2. The second-order valence-electron chi connectivity index (χ2n) is 5.00. The van der Waals surface area contributed by atoms with Crippen LogP contribution in [0.4, 0.5) is 0 Å². The van der Waals surface area contributed by atoms with Gasteiger partial charge in [0.15, 0.2) is 0 Å². The van der Waals surface area contributed by atoms with E-state index < -0.39 is 0 Å². The van der Waals surface area contributed by atoms with Crippen LogP contribution in [0.5, 0.6) is 0 Å². The Bertz CT molecular complexity index is 371. The molecule has 1 rings (SSSR count). The highest BCUT2D eigenvalue weighted by Crippen LogP contribution is 2.15. The lowest BCUT2D eigenvalue weighted by Crippen LogP contribution is -2.02. The fourth-order valence-electron chi connectivity index (χ4n) is 2.12. The predicted octanol–water partition coefficient (Wildman–Crippen LogP) is 4.17. The van der Waals surface area contributed by atoms with E-state index in [1.54, 1.807) is 0 Å². The fourth-order valence-corrected chi connectivity index (χ4v) is 2.12. The van der Waals surface area contributed by atoms with Crippen molar-refractivity contribution in [3.63, 3.8) is 0 Å². The molecule has 0 aromatic rings. The third-order valence-corrected chi connectivity index (χ3v) is 3.18. The van der Waals surface area contributed by atoms with Crippen molar-refractivity contribution in [1.82, 2.24) is 0 Å². The maximum absolute atomic E-state index is 11.3. The van der Waals surface area contributed by atoms with Gasteiger partial charge in [-0.15, -0.1) is 12.3 Å². The molecule has 1 heterocycles. The van der Waals surface area contributed by atoms with Crippen LogP contribution in [0.1, 0.15) is 58.3 Å². The van der Waals surface area contributed by atoms with E-state index in [0.717, 1.165) is 19.3 Å². The summed E-state index contributed by atoms with van der Waals surface area (Å²) in [5.41, 5.74) is 0.696. The Morgan fingerprint density at radius 2 is 1.95 bits per heavy atom. The van der Waals surface area contributed by atoms with E-state index in [4.69, 9.17) is 11.2 Å². The largest absolute Gasteiger partial charge is 0.455 e. The number of ether oxygens (including phenoxy) is 1. The van der Waals surface area contributed by atoms with Gasteiger partial charge in [-0.1, -0.05) is 37.8 Å². The molecule has 0 radical (unpaired) electrons. The summed E-state index contributed by atoms with van der Waals surface area (Å²) in [6.07, 6.45) is 20.3.